The molecule has 0 aromatic carbocycles. The van der Waals surface area contributed by atoms with E-state index in [0.29, 0.717) is 23.6 Å². The van der Waals surface area contributed by atoms with Crippen molar-refractivity contribution in [3.05, 3.63) is 29.7 Å². The lowest BCUT2D eigenvalue weighted by Gasteiger charge is -2.21. The van der Waals surface area contributed by atoms with Gasteiger partial charge in [0.15, 0.2) is 17.3 Å². The fourth-order valence-corrected chi connectivity index (χ4v) is 4.21. The molecule has 3 aromatic heterocycles. The molecular weight excluding hydrogens is 332 g/mol. The maximum absolute atomic E-state index is 5.26. The van der Waals surface area contributed by atoms with Gasteiger partial charge >= 0.3 is 0 Å². The summed E-state index contributed by atoms with van der Waals surface area (Å²) in [5.74, 6) is 4.65. The molecule has 2 aliphatic heterocycles. The minimum Gasteiger partial charge on any atom is -0.355 e. The Morgan fingerprint density at radius 2 is 1.92 bits per heavy atom. The van der Waals surface area contributed by atoms with Gasteiger partial charge in [0.2, 0.25) is 5.89 Å². The molecule has 0 spiro atoms. The van der Waals surface area contributed by atoms with Crippen molar-refractivity contribution in [2.45, 2.75) is 26.8 Å². The maximum atomic E-state index is 5.26. The summed E-state index contributed by atoms with van der Waals surface area (Å²) in [4.78, 5) is 9.13. The van der Waals surface area contributed by atoms with Crippen LogP contribution in [0.4, 0.5) is 5.82 Å². The minimum atomic E-state index is 0.656. The molecule has 2 saturated heterocycles. The van der Waals surface area contributed by atoms with Crippen molar-refractivity contribution >= 4 is 11.5 Å². The molecule has 26 heavy (non-hydrogen) atoms. The molecule has 2 fully saturated rings. The van der Waals surface area contributed by atoms with Crippen LogP contribution in [0.15, 0.2) is 16.7 Å². The maximum Gasteiger partial charge on any atom is 0.240 e. The molecule has 3 aromatic rings. The summed E-state index contributed by atoms with van der Waals surface area (Å²) in [6, 6.07) is 4.07. The molecule has 5 rings (SSSR count). The zero-order valence-electron chi connectivity index (χ0n) is 15.0. The second-order valence-corrected chi connectivity index (χ2v) is 7.29. The molecular formula is C17H22N8O. The van der Waals surface area contributed by atoms with Crippen LogP contribution in [-0.4, -0.2) is 61.0 Å². The molecule has 0 radical (unpaired) electrons. The third-order valence-electron chi connectivity index (χ3n) is 5.44. The topological polar surface area (TPSA) is 88.5 Å². The van der Waals surface area contributed by atoms with Crippen molar-refractivity contribution in [3.8, 4) is 0 Å². The van der Waals surface area contributed by atoms with Crippen LogP contribution in [-0.2, 0) is 13.0 Å². The van der Waals surface area contributed by atoms with Gasteiger partial charge in [-0.1, -0.05) is 12.1 Å². The lowest BCUT2D eigenvalue weighted by atomic mass is 10.0. The molecule has 136 valence electrons. The zero-order valence-corrected chi connectivity index (χ0v) is 15.0. The van der Waals surface area contributed by atoms with Gasteiger partial charge in [0.1, 0.15) is 5.82 Å². The van der Waals surface area contributed by atoms with E-state index in [4.69, 9.17) is 9.62 Å². The molecule has 2 unspecified atom stereocenters. The van der Waals surface area contributed by atoms with E-state index in [2.05, 4.69) is 43.1 Å². The van der Waals surface area contributed by atoms with Gasteiger partial charge in [-0.25, -0.2) is 0 Å². The number of nitrogens with zero attached hydrogens (tertiary/aromatic N) is 8. The molecule has 0 N–H and O–H groups in total. The van der Waals surface area contributed by atoms with Gasteiger partial charge in [-0.05, 0) is 30.9 Å². The van der Waals surface area contributed by atoms with E-state index in [-0.39, 0.29) is 0 Å². The van der Waals surface area contributed by atoms with E-state index in [1.165, 1.54) is 0 Å². The van der Waals surface area contributed by atoms with Gasteiger partial charge in [-0.15, -0.1) is 15.3 Å². The number of rotatable bonds is 4. The Hall–Kier alpha value is -2.55. The normalized spacial score (nSPS) is 23.2. The second-order valence-electron chi connectivity index (χ2n) is 7.29. The van der Waals surface area contributed by atoms with E-state index in [1.807, 2.05) is 17.5 Å². The van der Waals surface area contributed by atoms with Gasteiger partial charge in [-0.2, -0.15) is 9.50 Å². The van der Waals surface area contributed by atoms with Crippen LogP contribution in [0.5, 0.6) is 0 Å². The van der Waals surface area contributed by atoms with Crippen LogP contribution in [0, 0.1) is 18.8 Å². The number of aromatic nitrogens is 6. The number of anilines is 1. The highest BCUT2D eigenvalue weighted by molar-refractivity contribution is 5.46. The molecule has 5 heterocycles. The minimum absolute atomic E-state index is 0.656. The predicted molar refractivity (Wildman–Crippen MR) is 93.7 cm³/mol. The van der Waals surface area contributed by atoms with Crippen LogP contribution in [0.25, 0.3) is 5.65 Å². The molecule has 9 heteroatoms. The number of fused-ring (bicyclic) bond motifs is 2. The molecule has 0 amide bonds. The quantitative estimate of drug-likeness (QED) is 0.684. The van der Waals surface area contributed by atoms with Gasteiger partial charge in [0, 0.05) is 32.6 Å². The molecule has 0 saturated carbocycles. The summed E-state index contributed by atoms with van der Waals surface area (Å²) in [5, 5.41) is 17.0. The summed E-state index contributed by atoms with van der Waals surface area (Å²) >= 11 is 0. The van der Waals surface area contributed by atoms with E-state index in [9.17, 15) is 0 Å². The second kappa shape index (κ2) is 6.01. The predicted octanol–water partition coefficient (Wildman–Crippen LogP) is 0.946. The summed E-state index contributed by atoms with van der Waals surface area (Å²) < 4.78 is 7.12. The van der Waals surface area contributed by atoms with E-state index < -0.39 is 0 Å². The SMILES string of the molecule is CCc1nnc2ccc(N3CC4CN(Cc5nc(C)no5)CC4C3)nn12. The standard InChI is InChI=1S/C17H22N8O/c1-3-14-19-20-15-4-5-16(21-25(14)15)24-8-12-6-23(7-13(12)9-24)10-17-18-11(2)22-26-17/h4-5,12-13H,3,6-10H2,1-2H3. The summed E-state index contributed by atoms with van der Waals surface area (Å²) in [5.41, 5.74) is 0.811. The highest BCUT2D eigenvalue weighted by Crippen LogP contribution is 2.33. The first kappa shape index (κ1) is 15.7. The summed E-state index contributed by atoms with van der Waals surface area (Å²) in [6.45, 7) is 8.88. The smallest absolute Gasteiger partial charge is 0.240 e. The zero-order chi connectivity index (χ0) is 17.7. The average Bonchev–Trinajstić information content (AvgIpc) is 3.37. The van der Waals surface area contributed by atoms with Crippen LogP contribution in [0.2, 0.25) is 0 Å². The van der Waals surface area contributed by atoms with Crippen molar-refractivity contribution in [2.75, 3.05) is 31.1 Å². The third kappa shape index (κ3) is 2.63. The van der Waals surface area contributed by atoms with Gasteiger partial charge in [0.05, 0.1) is 6.54 Å². The Morgan fingerprint density at radius 3 is 2.62 bits per heavy atom. The number of aryl methyl sites for hydroxylation is 2. The van der Waals surface area contributed by atoms with E-state index in [1.54, 1.807) is 0 Å². The van der Waals surface area contributed by atoms with E-state index >= 15 is 0 Å². The van der Waals surface area contributed by atoms with Crippen molar-refractivity contribution in [1.82, 2.24) is 34.9 Å². The van der Waals surface area contributed by atoms with Gasteiger partial charge in [-0.3, -0.25) is 4.90 Å². The first-order valence-electron chi connectivity index (χ1n) is 9.17. The highest BCUT2D eigenvalue weighted by atomic mass is 16.5. The molecule has 0 bridgehead atoms. The Bertz CT molecular complexity index is 920. The van der Waals surface area contributed by atoms with Crippen LogP contribution < -0.4 is 4.90 Å². The van der Waals surface area contributed by atoms with Gasteiger partial charge < -0.3 is 9.42 Å². The first-order chi connectivity index (χ1) is 12.7. The number of hydrogen-bond acceptors (Lipinski definition) is 8. The monoisotopic (exact) mass is 354 g/mol. The third-order valence-corrected chi connectivity index (χ3v) is 5.44. The van der Waals surface area contributed by atoms with Crippen molar-refractivity contribution in [3.63, 3.8) is 0 Å². The molecule has 0 aliphatic carbocycles. The summed E-state index contributed by atoms with van der Waals surface area (Å²) in [6.07, 6.45) is 0.826. The van der Waals surface area contributed by atoms with Crippen molar-refractivity contribution < 1.29 is 4.52 Å². The fraction of sp³-hybridized carbons (Fsp3) is 0.588. The van der Waals surface area contributed by atoms with E-state index in [0.717, 1.165) is 56.4 Å². The Kier molecular flexibility index (Phi) is 3.63. The first-order valence-corrected chi connectivity index (χ1v) is 9.17. The van der Waals surface area contributed by atoms with Crippen molar-refractivity contribution in [1.29, 1.82) is 0 Å². The molecule has 2 aliphatic rings. The van der Waals surface area contributed by atoms with Gasteiger partial charge in [0.25, 0.3) is 0 Å². The van der Waals surface area contributed by atoms with Crippen LogP contribution in [0.1, 0.15) is 24.5 Å². The van der Waals surface area contributed by atoms with Crippen LogP contribution in [0.3, 0.4) is 0 Å². The number of hydrogen-bond donors (Lipinski definition) is 0. The van der Waals surface area contributed by atoms with Crippen LogP contribution >= 0.6 is 0 Å². The lowest BCUT2D eigenvalue weighted by molar-refractivity contribution is 0.255. The Balaban J connectivity index is 1.27. The Morgan fingerprint density at radius 1 is 1.12 bits per heavy atom. The Labute approximate surface area is 151 Å². The highest BCUT2D eigenvalue weighted by Gasteiger charge is 2.40. The number of likely N-dealkylation sites (tertiary alicyclic amines) is 1. The fourth-order valence-electron chi connectivity index (χ4n) is 4.21. The average molecular weight is 354 g/mol. The lowest BCUT2D eigenvalue weighted by Crippen LogP contribution is -2.29. The summed E-state index contributed by atoms with van der Waals surface area (Å²) in [7, 11) is 0. The molecule has 9 nitrogen and oxygen atoms in total. The molecule has 2 atom stereocenters. The van der Waals surface area contributed by atoms with Crippen molar-refractivity contribution in [2.24, 2.45) is 11.8 Å². The largest absolute Gasteiger partial charge is 0.355 e.